The molecule has 1 fully saturated rings. The molecule has 0 bridgehead atoms. The van der Waals surface area contributed by atoms with Crippen LogP contribution in [0, 0.1) is 21.8 Å². The third-order valence-electron chi connectivity index (χ3n) is 3.50. The number of hydrogen-bond donors (Lipinski definition) is 2. The first-order valence-corrected chi connectivity index (χ1v) is 6.41. The van der Waals surface area contributed by atoms with E-state index in [1.807, 2.05) is 0 Å². The SMILES string of the molecule is O=[N+]([O-])c1cc(F)cc(NCC2CCC(O)CC2)c1. The average molecular weight is 268 g/mol. The highest BCUT2D eigenvalue weighted by atomic mass is 19.1. The molecule has 5 nitrogen and oxygen atoms in total. The maximum absolute atomic E-state index is 13.2. The van der Waals surface area contributed by atoms with Crippen molar-refractivity contribution < 1.29 is 14.4 Å². The Hall–Kier alpha value is -1.69. The Morgan fingerprint density at radius 1 is 1.32 bits per heavy atom. The topological polar surface area (TPSA) is 75.4 Å². The van der Waals surface area contributed by atoms with E-state index in [0.717, 1.165) is 31.7 Å². The minimum absolute atomic E-state index is 0.202. The van der Waals surface area contributed by atoms with Gasteiger partial charge in [0.1, 0.15) is 5.82 Å². The van der Waals surface area contributed by atoms with Crippen LogP contribution in [0.3, 0.4) is 0 Å². The van der Waals surface area contributed by atoms with Gasteiger partial charge in [-0.25, -0.2) is 4.39 Å². The van der Waals surface area contributed by atoms with Gasteiger partial charge in [0.2, 0.25) is 0 Å². The number of halogens is 1. The van der Waals surface area contributed by atoms with Gasteiger partial charge in [-0.05, 0) is 37.7 Å². The zero-order chi connectivity index (χ0) is 13.8. The van der Waals surface area contributed by atoms with E-state index in [1.165, 1.54) is 12.1 Å². The van der Waals surface area contributed by atoms with Crippen molar-refractivity contribution in [3.05, 3.63) is 34.1 Å². The van der Waals surface area contributed by atoms with Gasteiger partial charge in [0, 0.05) is 18.3 Å². The normalized spacial score (nSPS) is 23.1. The molecule has 19 heavy (non-hydrogen) atoms. The maximum atomic E-state index is 13.2. The van der Waals surface area contributed by atoms with E-state index < -0.39 is 10.7 Å². The summed E-state index contributed by atoms with van der Waals surface area (Å²) in [6, 6.07) is 3.49. The molecular formula is C13H17FN2O3. The molecule has 2 N–H and O–H groups in total. The number of aliphatic hydroxyl groups is 1. The molecule has 0 aliphatic heterocycles. The van der Waals surface area contributed by atoms with Gasteiger partial charge >= 0.3 is 0 Å². The molecule has 1 saturated carbocycles. The van der Waals surface area contributed by atoms with Gasteiger partial charge in [-0.2, -0.15) is 0 Å². The highest BCUT2D eigenvalue weighted by molar-refractivity contribution is 5.51. The summed E-state index contributed by atoms with van der Waals surface area (Å²) in [6.07, 6.45) is 3.22. The molecule has 104 valence electrons. The Balaban J connectivity index is 1.94. The smallest absolute Gasteiger partial charge is 0.274 e. The van der Waals surface area contributed by atoms with E-state index in [4.69, 9.17) is 0 Å². The molecule has 1 aromatic rings. The highest BCUT2D eigenvalue weighted by Gasteiger charge is 2.19. The lowest BCUT2D eigenvalue weighted by atomic mass is 9.87. The minimum atomic E-state index is -0.615. The molecule has 6 heteroatoms. The fourth-order valence-electron chi connectivity index (χ4n) is 2.39. The molecule has 0 heterocycles. The van der Waals surface area contributed by atoms with Crippen LogP contribution in [0.15, 0.2) is 18.2 Å². The lowest BCUT2D eigenvalue weighted by Crippen LogP contribution is -2.23. The number of benzene rings is 1. The number of anilines is 1. The third kappa shape index (κ3) is 3.89. The van der Waals surface area contributed by atoms with Gasteiger partial charge in [-0.1, -0.05) is 0 Å². The second kappa shape index (κ2) is 5.97. The maximum Gasteiger partial charge on any atom is 0.274 e. The summed E-state index contributed by atoms with van der Waals surface area (Å²) < 4.78 is 13.2. The van der Waals surface area contributed by atoms with Crippen LogP contribution in [0.4, 0.5) is 15.8 Å². The fourth-order valence-corrected chi connectivity index (χ4v) is 2.39. The van der Waals surface area contributed by atoms with E-state index in [2.05, 4.69) is 5.32 Å². The van der Waals surface area contributed by atoms with Crippen molar-refractivity contribution in [2.75, 3.05) is 11.9 Å². The van der Waals surface area contributed by atoms with E-state index >= 15 is 0 Å². The predicted molar refractivity (Wildman–Crippen MR) is 69.5 cm³/mol. The summed E-state index contributed by atoms with van der Waals surface area (Å²) in [7, 11) is 0. The van der Waals surface area contributed by atoms with Crippen LogP contribution in [0.5, 0.6) is 0 Å². The van der Waals surface area contributed by atoms with Crippen LogP contribution in [-0.4, -0.2) is 22.7 Å². The monoisotopic (exact) mass is 268 g/mol. The lowest BCUT2D eigenvalue weighted by molar-refractivity contribution is -0.385. The molecule has 0 saturated heterocycles. The van der Waals surface area contributed by atoms with Gasteiger partial charge in [-0.15, -0.1) is 0 Å². The van der Waals surface area contributed by atoms with Gasteiger partial charge in [-0.3, -0.25) is 10.1 Å². The summed E-state index contributed by atoms with van der Waals surface area (Å²) in [5.74, 6) is -0.193. The van der Waals surface area contributed by atoms with Crippen LogP contribution in [-0.2, 0) is 0 Å². The van der Waals surface area contributed by atoms with Crippen molar-refractivity contribution >= 4 is 11.4 Å². The molecule has 1 aliphatic carbocycles. The van der Waals surface area contributed by atoms with Gasteiger partial charge in [0.25, 0.3) is 5.69 Å². The largest absolute Gasteiger partial charge is 0.393 e. The highest BCUT2D eigenvalue weighted by Crippen LogP contribution is 2.25. The lowest BCUT2D eigenvalue weighted by Gasteiger charge is -2.25. The summed E-state index contributed by atoms with van der Waals surface area (Å²) in [4.78, 5) is 10.0. The second-order valence-electron chi connectivity index (χ2n) is 5.01. The number of nitro benzene ring substituents is 1. The van der Waals surface area contributed by atoms with Crippen molar-refractivity contribution in [3.63, 3.8) is 0 Å². The molecule has 0 radical (unpaired) electrons. The number of hydrogen-bond acceptors (Lipinski definition) is 4. The number of rotatable bonds is 4. The Labute approximate surface area is 110 Å². The van der Waals surface area contributed by atoms with Crippen molar-refractivity contribution in [1.29, 1.82) is 0 Å². The van der Waals surface area contributed by atoms with Crippen molar-refractivity contribution in [3.8, 4) is 0 Å². The molecular weight excluding hydrogens is 251 g/mol. The van der Waals surface area contributed by atoms with Crippen LogP contribution >= 0.6 is 0 Å². The van der Waals surface area contributed by atoms with Crippen molar-refractivity contribution in [1.82, 2.24) is 0 Å². The average Bonchev–Trinajstić information content (AvgIpc) is 2.37. The van der Waals surface area contributed by atoms with Gasteiger partial charge in [0.15, 0.2) is 0 Å². The molecule has 1 aromatic carbocycles. The second-order valence-corrected chi connectivity index (χ2v) is 5.01. The fraction of sp³-hybridized carbons (Fsp3) is 0.538. The van der Waals surface area contributed by atoms with Gasteiger partial charge in [0.05, 0.1) is 17.1 Å². The number of non-ortho nitro benzene ring substituents is 1. The molecule has 0 atom stereocenters. The Bertz CT molecular complexity index is 459. The molecule has 2 rings (SSSR count). The number of nitro groups is 1. The van der Waals surface area contributed by atoms with E-state index in [9.17, 15) is 19.6 Å². The minimum Gasteiger partial charge on any atom is -0.393 e. The Morgan fingerprint density at radius 3 is 2.63 bits per heavy atom. The van der Waals surface area contributed by atoms with E-state index in [1.54, 1.807) is 0 Å². The standard InChI is InChI=1S/C13H17FN2O3/c14-10-5-11(7-12(6-10)16(18)19)15-8-9-1-3-13(17)4-2-9/h5-7,9,13,15,17H,1-4,8H2. The van der Waals surface area contributed by atoms with Crippen LogP contribution < -0.4 is 5.32 Å². The van der Waals surface area contributed by atoms with Crippen LogP contribution in [0.1, 0.15) is 25.7 Å². The zero-order valence-corrected chi connectivity index (χ0v) is 10.5. The first-order chi connectivity index (χ1) is 9.04. The first kappa shape index (κ1) is 13.7. The van der Waals surface area contributed by atoms with Crippen LogP contribution in [0.2, 0.25) is 0 Å². The van der Waals surface area contributed by atoms with Crippen LogP contribution in [0.25, 0.3) is 0 Å². The molecule has 0 amide bonds. The summed E-state index contributed by atoms with van der Waals surface area (Å²) in [5.41, 5.74) is 0.180. The van der Waals surface area contributed by atoms with E-state index in [-0.39, 0.29) is 11.8 Å². The Kier molecular flexibility index (Phi) is 4.31. The third-order valence-corrected chi connectivity index (χ3v) is 3.50. The number of nitrogens with zero attached hydrogens (tertiary/aromatic N) is 1. The predicted octanol–water partition coefficient (Wildman–Crippen LogP) is 2.70. The molecule has 0 aromatic heterocycles. The van der Waals surface area contributed by atoms with Crippen molar-refractivity contribution in [2.24, 2.45) is 5.92 Å². The molecule has 0 unspecified atom stereocenters. The Morgan fingerprint density at radius 2 is 2.00 bits per heavy atom. The summed E-state index contributed by atoms with van der Waals surface area (Å²) in [5, 5.41) is 23.1. The van der Waals surface area contributed by atoms with Gasteiger partial charge < -0.3 is 10.4 Å². The summed E-state index contributed by atoms with van der Waals surface area (Å²) >= 11 is 0. The number of aliphatic hydroxyl groups excluding tert-OH is 1. The number of nitrogens with one attached hydrogen (secondary N) is 1. The first-order valence-electron chi connectivity index (χ1n) is 6.41. The van der Waals surface area contributed by atoms with Crippen molar-refractivity contribution in [2.45, 2.75) is 31.8 Å². The molecule has 1 aliphatic rings. The molecule has 0 spiro atoms. The quantitative estimate of drug-likeness (QED) is 0.650. The van der Waals surface area contributed by atoms with E-state index in [0.29, 0.717) is 18.2 Å². The zero-order valence-electron chi connectivity index (χ0n) is 10.5. The summed E-state index contributed by atoms with van der Waals surface area (Å²) in [6.45, 7) is 0.646.